The summed E-state index contributed by atoms with van der Waals surface area (Å²) in [7, 11) is 0. The SMILES string of the molecule is CCOC(=O)CSc1nc2ncc(-c3ccnc(N4CCC(C)CC4)n3)c(C)n2n1. The average molecular weight is 428 g/mol. The molecule has 3 aromatic heterocycles. The molecule has 158 valence electrons. The van der Waals surface area contributed by atoms with E-state index in [0.29, 0.717) is 17.5 Å². The van der Waals surface area contributed by atoms with E-state index < -0.39 is 0 Å². The maximum absolute atomic E-state index is 11.6. The van der Waals surface area contributed by atoms with Gasteiger partial charge in [0.05, 0.1) is 23.7 Å². The molecule has 3 aromatic rings. The molecular weight excluding hydrogens is 402 g/mol. The predicted molar refractivity (Wildman–Crippen MR) is 115 cm³/mol. The Hall–Kier alpha value is -2.75. The zero-order valence-electron chi connectivity index (χ0n) is 17.4. The minimum Gasteiger partial charge on any atom is -0.465 e. The van der Waals surface area contributed by atoms with Gasteiger partial charge in [0.1, 0.15) is 0 Å². The van der Waals surface area contributed by atoms with Crippen molar-refractivity contribution in [3.8, 4) is 11.3 Å². The molecule has 4 rings (SSSR count). The maximum atomic E-state index is 11.6. The summed E-state index contributed by atoms with van der Waals surface area (Å²) in [6, 6.07) is 1.89. The number of hydrogen-bond acceptors (Lipinski definition) is 9. The van der Waals surface area contributed by atoms with E-state index in [2.05, 4.69) is 31.9 Å². The molecule has 0 atom stereocenters. The molecule has 4 heterocycles. The van der Waals surface area contributed by atoms with E-state index in [1.165, 1.54) is 11.8 Å². The second-order valence-corrected chi connectivity index (χ2v) is 8.31. The fourth-order valence-electron chi connectivity index (χ4n) is 3.42. The molecule has 30 heavy (non-hydrogen) atoms. The maximum Gasteiger partial charge on any atom is 0.316 e. The Bertz CT molecular complexity index is 1050. The van der Waals surface area contributed by atoms with Crippen LogP contribution in [0.2, 0.25) is 0 Å². The number of carbonyl (C=O) groups is 1. The van der Waals surface area contributed by atoms with Gasteiger partial charge < -0.3 is 9.64 Å². The lowest BCUT2D eigenvalue weighted by Crippen LogP contribution is -2.34. The number of thioether (sulfide) groups is 1. The number of esters is 1. The normalized spacial score (nSPS) is 15.0. The Morgan fingerprint density at radius 2 is 2.07 bits per heavy atom. The topological polar surface area (TPSA) is 98.4 Å². The molecule has 1 fully saturated rings. The van der Waals surface area contributed by atoms with Crippen molar-refractivity contribution in [3.05, 3.63) is 24.2 Å². The molecule has 0 aromatic carbocycles. The molecule has 10 heteroatoms. The number of ether oxygens (including phenoxy) is 1. The number of rotatable bonds is 6. The van der Waals surface area contributed by atoms with Crippen molar-refractivity contribution in [2.45, 2.75) is 38.8 Å². The van der Waals surface area contributed by atoms with Crippen LogP contribution in [-0.4, -0.2) is 61.0 Å². The lowest BCUT2D eigenvalue weighted by atomic mass is 10.00. The largest absolute Gasteiger partial charge is 0.465 e. The van der Waals surface area contributed by atoms with Crippen molar-refractivity contribution in [3.63, 3.8) is 0 Å². The van der Waals surface area contributed by atoms with E-state index in [4.69, 9.17) is 9.72 Å². The third-order valence-corrected chi connectivity index (χ3v) is 6.01. The zero-order chi connectivity index (χ0) is 21.1. The lowest BCUT2D eigenvalue weighted by molar-refractivity contribution is -0.139. The van der Waals surface area contributed by atoms with Gasteiger partial charge in [-0.05, 0) is 38.7 Å². The van der Waals surface area contributed by atoms with E-state index in [0.717, 1.165) is 54.7 Å². The first-order chi connectivity index (χ1) is 14.5. The average Bonchev–Trinajstić information content (AvgIpc) is 3.18. The number of aromatic nitrogens is 6. The smallest absolute Gasteiger partial charge is 0.316 e. The van der Waals surface area contributed by atoms with Gasteiger partial charge in [0.2, 0.25) is 11.1 Å². The van der Waals surface area contributed by atoms with E-state index >= 15 is 0 Å². The Morgan fingerprint density at radius 3 is 2.83 bits per heavy atom. The van der Waals surface area contributed by atoms with Crippen molar-refractivity contribution in [1.29, 1.82) is 0 Å². The quantitative estimate of drug-likeness (QED) is 0.434. The number of fused-ring (bicyclic) bond motifs is 1. The van der Waals surface area contributed by atoms with Crippen LogP contribution in [0.4, 0.5) is 5.95 Å². The molecule has 0 bridgehead atoms. The number of piperidine rings is 1. The summed E-state index contributed by atoms with van der Waals surface area (Å²) in [4.78, 5) is 31.9. The Balaban J connectivity index is 1.58. The van der Waals surface area contributed by atoms with Crippen LogP contribution in [0.15, 0.2) is 23.6 Å². The van der Waals surface area contributed by atoms with Crippen LogP contribution in [0, 0.1) is 12.8 Å². The van der Waals surface area contributed by atoms with Gasteiger partial charge in [-0.2, -0.15) is 9.50 Å². The summed E-state index contributed by atoms with van der Waals surface area (Å²) in [6.45, 7) is 8.35. The van der Waals surface area contributed by atoms with Crippen LogP contribution in [0.5, 0.6) is 0 Å². The first-order valence-corrected chi connectivity index (χ1v) is 11.1. The summed E-state index contributed by atoms with van der Waals surface area (Å²) in [5.74, 6) is 1.87. The van der Waals surface area contributed by atoms with E-state index in [9.17, 15) is 4.79 Å². The second-order valence-electron chi connectivity index (χ2n) is 7.37. The molecule has 9 nitrogen and oxygen atoms in total. The van der Waals surface area contributed by atoms with Gasteiger partial charge in [0.15, 0.2) is 0 Å². The van der Waals surface area contributed by atoms with Crippen LogP contribution >= 0.6 is 11.8 Å². The molecule has 0 aliphatic carbocycles. The molecule has 0 N–H and O–H groups in total. The lowest BCUT2D eigenvalue weighted by Gasteiger charge is -2.30. The molecular formula is C20H25N7O2S. The van der Waals surface area contributed by atoms with Crippen molar-refractivity contribution >= 4 is 29.5 Å². The van der Waals surface area contributed by atoms with Gasteiger partial charge in [0, 0.05) is 31.0 Å². The van der Waals surface area contributed by atoms with Crippen LogP contribution in [0.25, 0.3) is 17.0 Å². The number of hydrogen-bond donors (Lipinski definition) is 0. The second kappa shape index (κ2) is 8.95. The molecule has 0 saturated carbocycles. The summed E-state index contributed by atoms with van der Waals surface area (Å²) in [5.41, 5.74) is 2.57. The highest BCUT2D eigenvalue weighted by atomic mass is 32.2. The van der Waals surface area contributed by atoms with Gasteiger partial charge in [-0.1, -0.05) is 18.7 Å². The van der Waals surface area contributed by atoms with Gasteiger partial charge >= 0.3 is 5.97 Å². The Morgan fingerprint density at radius 1 is 1.27 bits per heavy atom. The Kier molecular flexibility index (Phi) is 6.12. The summed E-state index contributed by atoms with van der Waals surface area (Å²) < 4.78 is 6.64. The summed E-state index contributed by atoms with van der Waals surface area (Å²) in [6.07, 6.45) is 5.88. The first-order valence-electron chi connectivity index (χ1n) is 10.1. The molecule has 0 amide bonds. The minimum atomic E-state index is -0.285. The number of carbonyl (C=O) groups excluding carboxylic acids is 1. The minimum absolute atomic E-state index is 0.167. The van der Waals surface area contributed by atoms with Crippen LogP contribution < -0.4 is 4.90 Å². The molecule has 0 unspecified atom stereocenters. The molecule has 1 aliphatic heterocycles. The number of nitrogens with zero attached hydrogens (tertiary/aromatic N) is 7. The van der Waals surface area contributed by atoms with Crippen LogP contribution in [0.1, 0.15) is 32.4 Å². The third kappa shape index (κ3) is 4.38. The van der Waals surface area contributed by atoms with E-state index in [1.807, 2.05) is 13.0 Å². The van der Waals surface area contributed by atoms with Crippen LogP contribution in [-0.2, 0) is 9.53 Å². The highest BCUT2D eigenvalue weighted by Crippen LogP contribution is 2.25. The summed E-state index contributed by atoms with van der Waals surface area (Å²) in [5, 5.41) is 4.98. The first kappa shape index (κ1) is 20.5. The zero-order valence-corrected chi connectivity index (χ0v) is 18.2. The highest BCUT2D eigenvalue weighted by molar-refractivity contribution is 7.99. The molecule has 1 saturated heterocycles. The molecule has 1 aliphatic rings. The van der Waals surface area contributed by atoms with E-state index in [1.54, 1.807) is 23.8 Å². The fourth-order valence-corrected chi connectivity index (χ4v) is 4.04. The van der Waals surface area contributed by atoms with Gasteiger partial charge in [0.25, 0.3) is 5.78 Å². The third-order valence-electron chi connectivity index (χ3n) is 5.20. The van der Waals surface area contributed by atoms with Crippen LogP contribution in [0.3, 0.4) is 0 Å². The van der Waals surface area contributed by atoms with Crippen molar-refractivity contribution in [2.24, 2.45) is 5.92 Å². The number of aryl methyl sites for hydroxylation is 1. The number of anilines is 1. The predicted octanol–water partition coefficient (Wildman–Crippen LogP) is 2.78. The molecule has 0 radical (unpaired) electrons. The standard InChI is InChI=1S/C20H25N7O2S/c1-4-29-17(28)12-30-20-24-19-22-11-15(14(3)27(19)25-20)16-5-8-21-18(23-16)26-9-6-13(2)7-10-26/h5,8,11,13H,4,6-7,9-10,12H2,1-3H3. The molecule has 0 spiro atoms. The van der Waals surface area contributed by atoms with Crippen molar-refractivity contribution < 1.29 is 9.53 Å². The fraction of sp³-hybridized carbons (Fsp3) is 0.500. The monoisotopic (exact) mass is 427 g/mol. The van der Waals surface area contributed by atoms with Gasteiger partial charge in [-0.3, -0.25) is 4.79 Å². The van der Waals surface area contributed by atoms with Gasteiger partial charge in [-0.25, -0.2) is 15.0 Å². The Labute approximate surface area is 179 Å². The van der Waals surface area contributed by atoms with Gasteiger partial charge in [-0.15, -0.1) is 5.10 Å². The van der Waals surface area contributed by atoms with Crippen molar-refractivity contribution in [1.82, 2.24) is 29.5 Å². The van der Waals surface area contributed by atoms with E-state index in [-0.39, 0.29) is 11.7 Å². The summed E-state index contributed by atoms with van der Waals surface area (Å²) >= 11 is 1.24. The highest BCUT2D eigenvalue weighted by Gasteiger charge is 2.19. The van der Waals surface area contributed by atoms with Crippen molar-refractivity contribution in [2.75, 3.05) is 30.3 Å².